The molecule has 1 aliphatic rings. The quantitative estimate of drug-likeness (QED) is 0.641. The molecule has 2 N–H and O–H groups in total. The molecular formula is C26H34N2O3. The van der Waals surface area contributed by atoms with E-state index >= 15 is 0 Å². The van der Waals surface area contributed by atoms with Crippen LogP contribution in [0.25, 0.3) is 0 Å². The molecule has 0 amide bonds. The second-order valence-corrected chi connectivity index (χ2v) is 8.15. The number of hydrogen-bond acceptors (Lipinski definition) is 5. The minimum atomic E-state index is 0.101. The van der Waals surface area contributed by atoms with Gasteiger partial charge in [-0.3, -0.25) is 9.80 Å². The Kier molecular flexibility index (Phi) is 8.93. The van der Waals surface area contributed by atoms with Crippen molar-refractivity contribution in [3.05, 3.63) is 64.7 Å². The van der Waals surface area contributed by atoms with Gasteiger partial charge in [-0.2, -0.15) is 0 Å². The van der Waals surface area contributed by atoms with Crippen molar-refractivity contribution < 1.29 is 14.9 Å². The summed E-state index contributed by atoms with van der Waals surface area (Å²) in [6, 6.07) is 15.1. The van der Waals surface area contributed by atoms with E-state index in [0.717, 1.165) is 56.0 Å². The Morgan fingerprint density at radius 1 is 1.00 bits per heavy atom. The molecule has 1 heterocycles. The van der Waals surface area contributed by atoms with Crippen LogP contribution in [-0.4, -0.2) is 66.0 Å². The Hall–Kier alpha value is -2.36. The largest absolute Gasteiger partial charge is 0.496 e. The summed E-state index contributed by atoms with van der Waals surface area (Å²) in [5.74, 6) is 6.96. The van der Waals surface area contributed by atoms with Gasteiger partial charge < -0.3 is 14.9 Å². The maximum absolute atomic E-state index is 9.62. The molecule has 166 valence electrons. The second kappa shape index (κ2) is 11.9. The number of nitrogens with zero attached hydrogens (tertiary/aromatic N) is 2. The molecule has 2 aromatic rings. The van der Waals surface area contributed by atoms with Gasteiger partial charge in [-0.25, -0.2) is 0 Å². The maximum atomic E-state index is 9.62. The highest BCUT2D eigenvalue weighted by molar-refractivity contribution is 5.37. The van der Waals surface area contributed by atoms with Gasteiger partial charge in [0.15, 0.2) is 0 Å². The molecule has 1 fully saturated rings. The summed E-state index contributed by atoms with van der Waals surface area (Å²) in [5.41, 5.74) is 4.69. The van der Waals surface area contributed by atoms with Crippen molar-refractivity contribution in [1.29, 1.82) is 0 Å². The smallest absolute Gasteiger partial charge is 0.121 e. The van der Waals surface area contributed by atoms with Gasteiger partial charge in [-0.15, -0.1) is 0 Å². The van der Waals surface area contributed by atoms with Gasteiger partial charge in [-0.05, 0) is 48.2 Å². The molecule has 0 radical (unpaired) electrons. The molecule has 0 spiro atoms. The standard InChI is InChI=1S/C26H34N2O3/c1-21-17-24(10-11-26(21)31-2)19-28-14-13-27(20-25(28)12-16-30)18-23-8-6-22(7-9-23)5-3-4-15-29/h6-11,17,25,29-30H,4,12-16,18-20H2,1-2H3. The minimum Gasteiger partial charge on any atom is -0.496 e. The molecule has 5 nitrogen and oxygen atoms in total. The zero-order chi connectivity index (χ0) is 22.1. The molecule has 1 aliphatic heterocycles. The fraction of sp³-hybridized carbons (Fsp3) is 0.462. The topological polar surface area (TPSA) is 56.2 Å². The minimum absolute atomic E-state index is 0.101. The highest BCUT2D eigenvalue weighted by Gasteiger charge is 2.26. The average Bonchev–Trinajstić information content (AvgIpc) is 2.77. The lowest BCUT2D eigenvalue weighted by Crippen LogP contribution is -2.52. The maximum Gasteiger partial charge on any atom is 0.121 e. The fourth-order valence-electron chi connectivity index (χ4n) is 4.18. The van der Waals surface area contributed by atoms with E-state index in [1.165, 1.54) is 11.1 Å². The molecule has 2 aromatic carbocycles. The molecule has 31 heavy (non-hydrogen) atoms. The number of methoxy groups -OCH3 is 1. The van der Waals surface area contributed by atoms with Crippen LogP contribution < -0.4 is 4.74 Å². The molecule has 1 saturated heterocycles. The number of benzene rings is 2. The van der Waals surface area contributed by atoms with E-state index in [1.807, 2.05) is 18.2 Å². The number of hydrogen-bond donors (Lipinski definition) is 2. The molecule has 0 aliphatic carbocycles. The third-order valence-corrected chi connectivity index (χ3v) is 5.83. The fourth-order valence-corrected chi connectivity index (χ4v) is 4.18. The summed E-state index contributed by atoms with van der Waals surface area (Å²) >= 11 is 0. The van der Waals surface area contributed by atoms with E-state index in [0.29, 0.717) is 12.5 Å². The third-order valence-electron chi connectivity index (χ3n) is 5.83. The van der Waals surface area contributed by atoms with E-state index in [1.54, 1.807) is 7.11 Å². The van der Waals surface area contributed by atoms with Crippen LogP contribution in [0.15, 0.2) is 42.5 Å². The van der Waals surface area contributed by atoms with Gasteiger partial charge in [0.05, 0.1) is 13.7 Å². The Balaban J connectivity index is 1.59. The number of aliphatic hydroxyl groups excluding tert-OH is 2. The van der Waals surface area contributed by atoms with Gasteiger partial charge in [0, 0.05) is 57.4 Å². The zero-order valence-corrected chi connectivity index (χ0v) is 18.7. The average molecular weight is 423 g/mol. The van der Waals surface area contributed by atoms with Crippen LogP contribution in [0, 0.1) is 18.8 Å². The molecular weight excluding hydrogens is 388 g/mol. The van der Waals surface area contributed by atoms with E-state index in [4.69, 9.17) is 9.84 Å². The van der Waals surface area contributed by atoms with E-state index in [2.05, 4.69) is 52.8 Å². The monoisotopic (exact) mass is 422 g/mol. The molecule has 1 unspecified atom stereocenters. The number of aliphatic hydroxyl groups is 2. The van der Waals surface area contributed by atoms with Crippen molar-refractivity contribution in [2.75, 3.05) is 40.0 Å². The summed E-state index contributed by atoms with van der Waals surface area (Å²) in [5, 5.41) is 18.5. The van der Waals surface area contributed by atoms with Gasteiger partial charge in [-0.1, -0.05) is 36.1 Å². The second-order valence-electron chi connectivity index (χ2n) is 8.15. The summed E-state index contributed by atoms with van der Waals surface area (Å²) < 4.78 is 5.38. The van der Waals surface area contributed by atoms with Crippen LogP contribution in [0.1, 0.15) is 35.1 Å². The molecule has 0 bridgehead atoms. The normalized spacial score (nSPS) is 17.2. The van der Waals surface area contributed by atoms with Gasteiger partial charge in [0.1, 0.15) is 5.75 Å². The Morgan fingerprint density at radius 2 is 1.77 bits per heavy atom. The van der Waals surface area contributed by atoms with E-state index < -0.39 is 0 Å². The van der Waals surface area contributed by atoms with Crippen LogP contribution in [0.4, 0.5) is 0 Å². The van der Waals surface area contributed by atoms with Crippen molar-refractivity contribution >= 4 is 0 Å². The summed E-state index contributed by atoms with van der Waals surface area (Å²) in [7, 11) is 1.71. The van der Waals surface area contributed by atoms with Crippen LogP contribution >= 0.6 is 0 Å². The van der Waals surface area contributed by atoms with Crippen molar-refractivity contribution in [2.24, 2.45) is 0 Å². The predicted octanol–water partition coefficient (Wildman–Crippen LogP) is 2.81. The first-order chi connectivity index (χ1) is 15.1. The van der Waals surface area contributed by atoms with Crippen molar-refractivity contribution in [1.82, 2.24) is 9.80 Å². The highest BCUT2D eigenvalue weighted by Crippen LogP contribution is 2.22. The van der Waals surface area contributed by atoms with Crippen molar-refractivity contribution in [2.45, 2.75) is 38.9 Å². The Labute approximate surface area is 186 Å². The molecule has 3 rings (SSSR count). The van der Waals surface area contributed by atoms with Gasteiger partial charge in [0.2, 0.25) is 0 Å². The number of aryl methyl sites for hydroxylation is 1. The summed E-state index contributed by atoms with van der Waals surface area (Å²) in [6.45, 7) is 7.13. The van der Waals surface area contributed by atoms with Gasteiger partial charge in [0.25, 0.3) is 0 Å². The lowest BCUT2D eigenvalue weighted by atomic mass is 10.0. The van der Waals surface area contributed by atoms with Crippen LogP contribution in [0.5, 0.6) is 5.75 Å². The van der Waals surface area contributed by atoms with Crippen LogP contribution in [0.2, 0.25) is 0 Å². The first kappa shape index (κ1) is 23.3. The Bertz CT molecular complexity index is 886. The number of piperazine rings is 1. The van der Waals surface area contributed by atoms with Crippen LogP contribution in [0.3, 0.4) is 0 Å². The molecule has 0 saturated carbocycles. The SMILES string of the molecule is COc1ccc(CN2CCN(Cc3ccc(C#CCCO)cc3)CC2CCO)cc1C. The molecule has 5 heteroatoms. The first-order valence-corrected chi connectivity index (χ1v) is 11.0. The number of ether oxygens (including phenoxy) is 1. The van der Waals surface area contributed by atoms with E-state index in [9.17, 15) is 5.11 Å². The van der Waals surface area contributed by atoms with Crippen molar-refractivity contribution in [3.8, 4) is 17.6 Å². The lowest BCUT2D eigenvalue weighted by Gasteiger charge is -2.41. The highest BCUT2D eigenvalue weighted by atomic mass is 16.5. The first-order valence-electron chi connectivity index (χ1n) is 11.0. The summed E-state index contributed by atoms with van der Waals surface area (Å²) in [4.78, 5) is 4.97. The van der Waals surface area contributed by atoms with Gasteiger partial charge >= 0.3 is 0 Å². The number of rotatable bonds is 8. The lowest BCUT2D eigenvalue weighted by molar-refractivity contribution is 0.0499. The van der Waals surface area contributed by atoms with Crippen molar-refractivity contribution in [3.63, 3.8) is 0 Å². The molecule has 1 atom stereocenters. The Morgan fingerprint density at radius 3 is 2.45 bits per heavy atom. The third kappa shape index (κ3) is 6.81. The summed E-state index contributed by atoms with van der Waals surface area (Å²) in [6.07, 6.45) is 1.29. The predicted molar refractivity (Wildman–Crippen MR) is 124 cm³/mol. The molecule has 0 aromatic heterocycles. The van der Waals surface area contributed by atoms with E-state index in [-0.39, 0.29) is 13.2 Å². The zero-order valence-electron chi connectivity index (χ0n) is 18.7. The van der Waals surface area contributed by atoms with Crippen LogP contribution in [-0.2, 0) is 13.1 Å².